The normalized spacial score (nSPS) is 10.0. The van der Waals surface area contributed by atoms with Gasteiger partial charge in [0.15, 0.2) is 0 Å². The number of halogens is 4. The van der Waals surface area contributed by atoms with Gasteiger partial charge in [-0.25, -0.2) is 0 Å². The molecule has 0 spiro atoms. The summed E-state index contributed by atoms with van der Waals surface area (Å²) >= 11 is 14.8. The first-order chi connectivity index (χ1) is 4.63. The highest BCUT2D eigenvalue weighted by molar-refractivity contribution is 14.1. The van der Waals surface area contributed by atoms with Crippen LogP contribution in [0, 0.1) is 3.57 Å². The average Bonchev–Trinajstić information content (AvgIpc) is 1.93. The Labute approximate surface area is 94.7 Å². The van der Waals surface area contributed by atoms with E-state index in [2.05, 4.69) is 54.5 Å². The molecule has 4 heteroatoms. The molecule has 0 bridgehead atoms. The fourth-order valence-electron chi connectivity index (χ4n) is 0.502. The van der Waals surface area contributed by atoms with Gasteiger partial charge in [-0.15, -0.1) is 0 Å². The van der Waals surface area contributed by atoms with Gasteiger partial charge in [-0.1, -0.05) is 11.6 Å². The van der Waals surface area contributed by atoms with Crippen LogP contribution < -0.4 is 0 Å². The Bertz CT molecular complexity index is 235. The molecular formula is C6H2Br2ClI. The molecule has 1 aromatic carbocycles. The van der Waals surface area contributed by atoms with E-state index in [1.807, 2.05) is 12.1 Å². The third-order valence-corrected chi connectivity index (χ3v) is 4.96. The van der Waals surface area contributed by atoms with Crippen LogP contribution in [0.25, 0.3) is 0 Å². The zero-order chi connectivity index (χ0) is 7.72. The fraction of sp³-hybridized carbons (Fsp3) is 0. The van der Waals surface area contributed by atoms with Gasteiger partial charge in [0.1, 0.15) is 0 Å². The third-order valence-electron chi connectivity index (χ3n) is 0.988. The van der Waals surface area contributed by atoms with Crippen molar-refractivity contribution in [2.75, 3.05) is 0 Å². The molecule has 0 aliphatic carbocycles. The second kappa shape index (κ2) is 3.74. The average molecular weight is 396 g/mol. The summed E-state index contributed by atoms with van der Waals surface area (Å²) in [4.78, 5) is 0. The maximum Gasteiger partial charge on any atom is 0.0700 e. The van der Waals surface area contributed by atoms with Crippen LogP contribution in [0.4, 0.5) is 0 Å². The van der Waals surface area contributed by atoms with Crippen LogP contribution in [-0.4, -0.2) is 0 Å². The maximum absolute atomic E-state index is 5.88. The summed E-state index contributed by atoms with van der Waals surface area (Å²) in [5.74, 6) is 0. The molecule has 0 saturated heterocycles. The van der Waals surface area contributed by atoms with Crippen molar-refractivity contribution in [1.82, 2.24) is 0 Å². The van der Waals surface area contributed by atoms with Crippen molar-refractivity contribution in [2.45, 2.75) is 0 Å². The molecule has 0 aliphatic rings. The van der Waals surface area contributed by atoms with E-state index in [-0.39, 0.29) is 0 Å². The van der Waals surface area contributed by atoms with Gasteiger partial charge in [-0.2, -0.15) is 0 Å². The molecule has 0 heterocycles. The van der Waals surface area contributed by atoms with Gasteiger partial charge in [0.25, 0.3) is 0 Å². The van der Waals surface area contributed by atoms with Crippen molar-refractivity contribution in [3.63, 3.8) is 0 Å². The summed E-state index contributed by atoms with van der Waals surface area (Å²) in [5, 5.41) is 0.729. The molecule has 0 N–H and O–H groups in total. The van der Waals surface area contributed by atoms with Crippen LogP contribution in [0.15, 0.2) is 21.1 Å². The van der Waals surface area contributed by atoms with Crippen LogP contribution in [-0.2, 0) is 0 Å². The van der Waals surface area contributed by atoms with Gasteiger partial charge in [0, 0.05) is 8.04 Å². The lowest BCUT2D eigenvalue weighted by Crippen LogP contribution is -1.76. The SMILES string of the molecule is Clc1c(Br)ccc(I)c1Br. The summed E-state index contributed by atoms with van der Waals surface area (Å²) in [7, 11) is 0. The molecule has 0 radical (unpaired) electrons. The lowest BCUT2D eigenvalue weighted by Gasteiger charge is -1.99. The zero-order valence-electron chi connectivity index (χ0n) is 4.67. The Morgan fingerprint density at radius 3 is 2.40 bits per heavy atom. The second-order valence-electron chi connectivity index (χ2n) is 1.66. The van der Waals surface area contributed by atoms with Crippen LogP contribution in [0.2, 0.25) is 5.02 Å². The summed E-state index contributed by atoms with van der Waals surface area (Å²) in [6, 6.07) is 3.91. The molecule has 54 valence electrons. The second-order valence-corrected chi connectivity index (χ2v) is 4.84. The maximum atomic E-state index is 5.88. The lowest BCUT2D eigenvalue weighted by atomic mass is 10.4. The molecule has 0 aromatic heterocycles. The molecule has 0 unspecified atom stereocenters. The van der Waals surface area contributed by atoms with Gasteiger partial charge in [0.2, 0.25) is 0 Å². The highest BCUT2D eigenvalue weighted by Gasteiger charge is 2.04. The number of hydrogen-bond donors (Lipinski definition) is 0. The third kappa shape index (κ3) is 1.87. The highest BCUT2D eigenvalue weighted by Crippen LogP contribution is 2.33. The van der Waals surface area contributed by atoms with E-state index in [0.29, 0.717) is 0 Å². The van der Waals surface area contributed by atoms with E-state index in [1.54, 1.807) is 0 Å². The molecule has 1 rings (SSSR count). The largest absolute Gasteiger partial charge is 0.0818 e. The van der Waals surface area contributed by atoms with Gasteiger partial charge in [0.05, 0.1) is 9.50 Å². The molecule has 0 atom stereocenters. The van der Waals surface area contributed by atoms with Crippen molar-refractivity contribution in [1.29, 1.82) is 0 Å². The standard InChI is InChI=1S/C6H2Br2ClI/c7-3-1-2-4(10)5(8)6(3)9/h1-2H. The first-order valence-electron chi connectivity index (χ1n) is 2.42. The van der Waals surface area contributed by atoms with Crippen molar-refractivity contribution in [2.24, 2.45) is 0 Å². The summed E-state index contributed by atoms with van der Waals surface area (Å²) in [6.07, 6.45) is 0. The van der Waals surface area contributed by atoms with Gasteiger partial charge >= 0.3 is 0 Å². The molecule has 0 fully saturated rings. The Hall–Kier alpha value is 1.20. The predicted molar refractivity (Wildman–Crippen MR) is 59.6 cm³/mol. The first kappa shape index (κ1) is 9.29. The van der Waals surface area contributed by atoms with Crippen LogP contribution in [0.5, 0.6) is 0 Å². The van der Waals surface area contributed by atoms with Gasteiger partial charge in [-0.05, 0) is 66.6 Å². The van der Waals surface area contributed by atoms with Crippen molar-refractivity contribution < 1.29 is 0 Å². The van der Waals surface area contributed by atoms with E-state index in [0.717, 1.165) is 17.5 Å². The van der Waals surface area contributed by atoms with E-state index >= 15 is 0 Å². The summed E-state index contributed by atoms with van der Waals surface area (Å²) in [5.41, 5.74) is 0. The minimum Gasteiger partial charge on any atom is -0.0818 e. The van der Waals surface area contributed by atoms with Gasteiger partial charge in [-0.3, -0.25) is 0 Å². The van der Waals surface area contributed by atoms with E-state index in [1.165, 1.54) is 0 Å². The molecule has 0 amide bonds. The van der Waals surface area contributed by atoms with E-state index < -0.39 is 0 Å². The number of hydrogen-bond acceptors (Lipinski definition) is 0. The Kier molecular flexibility index (Phi) is 3.47. The van der Waals surface area contributed by atoms with Crippen LogP contribution in [0.3, 0.4) is 0 Å². The van der Waals surface area contributed by atoms with Crippen LogP contribution >= 0.6 is 66.1 Å². The predicted octanol–water partition coefficient (Wildman–Crippen LogP) is 4.47. The number of rotatable bonds is 0. The molecule has 0 aliphatic heterocycles. The van der Waals surface area contributed by atoms with Crippen molar-refractivity contribution in [3.8, 4) is 0 Å². The quantitative estimate of drug-likeness (QED) is 0.345. The summed E-state index contributed by atoms with van der Waals surface area (Å²) < 4.78 is 2.98. The first-order valence-corrected chi connectivity index (χ1v) is 5.46. The van der Waals surface area contributed by atoms with E-state index in [4.69, 9.17) is 11.6 Å². The minimum absolute atomic E-state index is 0.729. The Morgan fingerprint density at radius 1 is 1.30 bits per heavy atom. The fourth-order valence-corrected chi connectivity index (χ4v) is 2.22. The Balaban J connectivity index is 3.34. The molecule has 0 saturated carbocycles. The molecule has 0 nitrogen and oxygen atoms in total. The minimum atomic E-state index is 0.729. The monoisotopic (exact) mass is 394 g/mol. The summed E-state index contributed by atoms with van der Waals surface area (Å²) in [6.45, 7) is 0. The van der Waals surface area contributed by atoms with Crippen LogP contribution in [0.1, 0.15) is 0 Å². The number of benzene rings is 1. The Morgan fingerprint density at radius 2 is 1.90 bits per heavy atom. The molecular weight excluding hydrogens is 394 g/mol. The van der Waals surface area contributed by atoms with Gasteiger partial charge < -0.3 is 0 Å². The lowest BCUT2D eigenvalue weighted by molar-refractivity contribution is 1.54. The molecule has 1 aromatic rings. The smallest absolute Gasteiger partial charge is 0.0700 e. The molecule has 10 heavy (non-hydrogen) atoms. The van der Waals surface area contributed by atoms with Crippen molar-refractivity contribution in [3.05, 3.63) is 29.7 Å². The zero-order valence-corrected chi connectivity index (χ0v) is 10.8. The topological polar surface area (TPSA) is 0 Å². The van der Waals surface area contributed by atoms with E-state index in [9.17, 15) is 0 Å². The van der Waals surface area contributed by atoms with Crippen molar-refractivity contribution >= 4 is 66.1 Å². The highest BCUT2D eigenvalue weighted by atomic mass is 127.